The van der Waals surface area contributed by atoms with E-state index >= 15 is 0 Å². The molecule has 0 amide bonds. The third-order valence-electron chi connectivity index (χ3n) is 1.74. The summed E-state index contributed by atoms with van der Waals surface area (Å²) in [5, 5.41) is 24.8. The number of nitrogens with one attached hydrogen (secondary N) is 1. The lowest BCUT2D eigenvalue weighted by molar-refractivity contribution is 0.459. The summed E-state index contributed by atoms with van der Waals surface area (Å²) in [5.74, 6) is 0.431. The van der Waals surface area contributed by atoms with Crippen molar-refractivity contribution < 1.29 is 10.2 Å². The van der Waals surface area contributed by atoms with Gasteiger partial charge in [-0.1, -0.05) is 0 Å². The van der Waals surface area contributed by atoms with Gasteiger partial charge < -0.3 is 10.2 Å². The number of hydrogen-bond donors (Lipinski definition) is 3. The standard InChI is InChI=1S/C9H8N4O2/c14-7-1-2-8(15)6(3-7)4-10-9-11-5-12-13-9/h1-5,14-15H,(H,11,12,13). The van der Waals surface area contributed by atoms with Gasteiger partial charge in [0.05, 0.1) is 0 Å². The Balaban J connectivity index is 2.27. The Morgan fingerprint density at radius 2 is 2.20 bits per heavy atom. The maximum Gasteiger partial charge on any atom is 0.245 e. The molecular weight excluding hydrogens is 196 g/mol. The minimum atomic E-state index is 0.0380. The highest BCUT2D eigenvalue weighted by atomic mass is 16.3. The van der Waals surface area contributed by atoms with Crippen LogP contribution < -0.4 is 0 Å². The molecule has 0 unspecified atom stereocenters. The zero-order chi connectivity index (χ0) is 10.7. The Morgan fingerprint density at radius 1 is 1.33 bits per heavy atom. The first kappa shape index (κ1) is 9.20. The highest BCUT2D eigenvalue weighted by molar-refractivity contribution is 5.85. The molecule has 1 aromatic carbocycles. The van der Waals surface area contributed by atoms with Crippen LogP contribution in [0.3, 0.4) is 0 Å². The molecule has 2 rings (SSSR count). The number of nitrogens with zero attached hydrogens (tertiary/aromatic N) is 3. The normalized spacial score (nSPS) is 10.9. The average Bonchev–Trinajstić information content (AvgIpc) is 2.72. The Labute approximate surface area is 85.0 Å². The predicted octanol–water partition coefficient (Wildman–Crippen LogP) is 0.966. The summed E-state index contributed by atoms with van der Waals surface area (Å²) < 4.78 is 0. The van der Waals surface area contributed by atoms with Crippen molar-refractivity contribution in [2.45, 2.75) is 0 Å². The fourth-order valence-electron chi connectivity index (χ4n) is 1.04. The van der Waals surface area contributed by atoms with Crippen molar-refractivity contribution in [3.63, 3.8) is 0 Å². The molecule has 0 radical (unpaired) electrons. The number of aromatic amines is 1. The lowest BCUT2D eigenvalue weighted by Gasteiger charge is -1.98. The minimum absolute atomic E-state index is 0.0380. The van der Waals surface area contributed by atoms with Gasteiger partial charge in [0.1, 0.15) is 17.8 Å². The summed E-state index contributed by atoms with van der Waals surface area (Å²) in [6, 6.07) is 4.17. The van der Waals surface area contributed by atoms with Crippen molar-refractivity contribution in [1.29, 1.82) is 0 Å². The topological polar surface area (TPSA) is 94.4 Å². The van der Waals surface area contributed by atoms with Crippen molar-refractivity contribution in [3.8, 4) is 11.5 Å². The van der Waals surface area contributed by atoms with E-state index in [9.17, 15) is 10.2 Å². The molecule has 1 heterocycles. The largest absolute Gasteiger partial charge is 0.508 e. The molecule has 6 heteroatoms. The number of aromatic hydroxyl groups is 2. The molecule has 3 N–H and O–H groups in total. The highest BCUT2D eigenvalue weighted by Crippen LogP contribution is 2.20. The molecular formula is C9H8N4O2. The van der Waals surface area contributed by atoms with Gasteiger partial charge in [-0.2, -0.15) is 10.1 Å². The maximum absolute atomic E-state index is 9.41. The molecule has 0 saturated heterocycles. The second kappa shape index (κ2) is 3.79. The van der Waals surface area contributed by atoms with E-state index in [0.29, 0.717) is 11.5 Å². The summed E-state index contributed by atoms with van der Waals surface area (Å²) in [5.41, 5.74) is 0.409. The van der Waals surface area contributed by atoms with E-state index in [0.717, 1.165) is 0 Å². The Morgan fingerprint density at radius 3 is 2.93 bits per heavy atom. The van der Waals surface area contributed by atoms with E-state index in [4.69, 9.17) is 0 Å². The molecule has 0 aliphatic carbocycles. The quantitative estimate of drug-likeness (QED) is 0.501. The van der Waals surface area contributed by atoms with E-state index in [1.807, 2.05) is 0 Å². The van der Waals surface area contributed by atoms with E-state index in [2.05, 4.69) is 20.2 Å². The van der Waals surface area contributed by atoms with Crippen LogP contribution in [0.2, 0.25) is 0 Å². The second-order valence-electron chi connectivity index (χ2n) is 2.81. The molecule has 2 aromatic rings. The van der Waals surface area contributed by atoms with Crippen LogP contribution in [-0.2, 0) is 0 Å². The second-order valence-corrected chi connectivity index (χ2v) is 2.81. The first-order valence-corrected chi connectivity index (χ1v) is 4.17. The number of aliphatic imine (C=N–C) groups is 1. The van der Waals surface area contributed by atoms with E-state index in [1.165, 1.54) is 30.7 Å². The molecule has 0 aliphatic heterocycles. The van der Waals surface area contributed by atoms with Crippen LogP contribution in [0.4, 0.5) is 5.95 Å². The number of hydrogen-bond acceptors (Lipinski definition) is 5. The fourth-order valence-corrected chi connectivity index (χ4v) is 1.04. The third kappa shape index (κ3) is 2.11. The van der Waals surface area contributed by atoms with Crippen LogP contribution in [0.5, 0.6) is 11.5 Å². The fraction of sp³-hybridized carbons (Fsp3) is 0. The van der Waals surface area contributed by atoms with Gasteiger partial charge >= 0.3 is 0 Å². The summed E-state index contributed by atoms with van der Waals surface area (Å²) in [7, 11) is 0. The lowest BCUT2D eigenvalue weighted by atomic mass is 10.2. The average molecular weight is 204 g/mol. The van der Waals surface area contributed by atoms with Crippen LogP contribution in [0.15, 0.2) is 29.5 Å². The van der Waals surface area contributed by atoms with E-state index < -0.39 is 0 Å². The van der Waals surface area contributed by atoms with Crippen LogP contribution in [0.25, 0.3) is 0 Å². The van der Waals surface area contributed by atoms with Crippen molar-refractivity contribution in [2.75, 3.05) is 0 Å². The smallest absolute Gasteiger partial charge is 0.245 e. The van der Waals surface area contributed by atoms with Crippen LogP contribution >= 0.6 is 0 Å². The predicted molar refractivity (Wildman–Crippen MR) is 53.4 cm³/mol. The molecule has 76 valence electrons. The number of rotatable bonds is 2. The molecule has 0 saturated carbocycles. The van der Waals surface area contributed by atoms with Crippen LogP contribution in [0, 0.1) is 0 Å². The van der Waals surface area contributed by atoms with Gasteiger partial charge in [0.2, 0.25) is 5.95 Å². The molecule has 0 spiro atoms. The lowest BCUT2D eigenvalue weighted by Crippen LogP contribution is -1.82. The molecule has 0 fully saturated rings. The van der Waals surface area contributed by atoms with Gasteiger partial charge in [0, 0.05) is 11.8 Å². The van der Waals surface area contributed by atoms with Gasteiger partial charge in [0.25, 0.3) is 0 Å². The minimum Gasteiger partial charge on any atom is -0.508 e. The number of phenols is 2. The van der Waals surface area contributed by atoms with Crippen molar-refractivity contribution in [3.05, 3.63) is 30.1 Å². The van der Waals surface area contributed by atoms with Crippen LogP contribution in [0.1, 0.15) is 5.56 Å². The summed E-state index contributed by atoms with van der Waals surface area (Å²) in [6.07, 6.45) is 2.71. The molecule has 1 aromatic heterocycles. The van der Waals surface area contributed by atoms with Gasteiger partial charge in [0.15, 0.2) is 0 Å². The van der Waals surface area contributed by atoms with Crippen molar-refractivity contribution >= 4 is 12.2 Å². The number of phenolic OH excluding ortho intramolecular Hbond substituents is 2. The van der Waals surface area contributed by atoms with Crippen LogP contribution in [-0.4, -0.2) is 31.6 Å². The molecule has 6 nitrogen and oxygen atoms in total. The summed E-state index contributed by atoms with van der Waals surface area (Å²) >= 11 is 0. The van der Waals surface area contributed by atoms with Gasteiger partial charge in [-0.25, -0.2) is 10.1 Å². The molecule has 0 aliphatic rings. The molecule has 0 bridgehead atoms. The number of H-pyrrole nitrogens is 1. The Kier molecular flexibility index (Phi) is 2.32. The molecule has 15 heavy (non-hydrogen) atoms. The first-order valence-electron chi connectivity index (χ1n) is 4.17. The highest BCUT2D eigenvalue weighted by Gasteiger charge is 1.99. The van der Waals surface area contributed by atoms with Gasteiger partial charge in [-0.3, -0.25) is 0 Å². The Bertz CT molecular complexity index is 479. The van der Waals surface area contributed by atoms with E-state index in [-0.39, 0.29) is 11.5 Å². The number of aromatic nitrogens is 3. The monoisotopic (exact) mass is 204 g/mol. The SMILES string of the molecule is Oc1ccc(O)c(C=Nc2ncn[nH]2)c1. The number of benzene rings is 1. The first-order chi connectivity index (χ1) is 7.25. The zero-order valence-electron chi connectivity index (χ0n) is 7.62. The summed E-state index contributed by atoms with van der Waals surface area (Å²) in [4.78, 5) is 7.69. The third-order valence-corrected chi connectivity index (χ3v) is 1.74. The van der Waals surface area contributed by atoms with Gasteiger partial charge in [-0.05, 0) is 18.2 Å². The Hall–Kier alpha value is -2.37. The zero-order valence-corrected chi connectivity index (χ0v) is 7.62. The maximum atomic E-state index is 9.41. The van der Waals surface area contributed by atoms with Crippen molar-refractivity contribution in [1.82, 2.24) is 15.2 Å². The van der Waals surface area contributed by atoms with Crippen molar-refractivity contribution in [2.24, 2.45) is 4.99 Å². The van der Waals surface area contributed by atoms with E-state index in [1.54, 1.807) is 0 Å². The van der Waals surface area contributed by atoms with Gasteiger partial charge in [-0.15, -0.1) is 0 Å². The molecule has 0 atom stereocenters. The summed E-state index contributed by atoms with van der Waals surface area (Å²) in [6.45, 7) is 0.